The summed E-state index contributed by atoms with van der Waals surface area (Å²) >= 11 is 0. The standard InChI is InChI=1S/C17H19NO2/c1-19-14-7-13(8-15(9-14)20-2)17-11-18-10-12-5-3-4-6-16(12)17/h3-9,17-18H,10-11H2,1-2H3. The van der Waals surface area contributed by atoms with Crippen LogP contribution in [-0.4, -0.2) is 20.8 Å². The highest BCUT2D eigenvalue weighted by atomic mass is 16.5. The lowest BCUT2D eigenvalue weighted by atomic mass is 9.85. The molecule has 1 aliphatic rings. The number of hydrogen-bond donors (Lipinski definition) is 1. The molecule has 1 N–H and O–H groups in total. The van der Waals surface area contributed by atoms with E-state index in [0.29, 0.717) is 5.92 Å². The Morgan fingerprint density at radius 3 is 2.40 bits per heavy atom. The normalized spacial score (nSPS) is 17.4. The molecule has 0 saturated heterocycles. The molecular formula is C17H19NO2. The fraction of sp³-hybridized carbons (Fsp3) is 0.294. The van der Waals surface area contributed by atoms with E-state index in [4.69, 9.17) is 9.47 Å². The summed E-state index contributed by atoms with van der Waals surface area (Å²) in [5, 5.41) is 3.48. The molecule has 3 rings (SSSR count). The average Bonchev–Trinajstić information content (AvgIpc) is 2.53. The van der Waals surface area contributed by atoms with Crippen LogP contribution in [0.5, 0.6) is 11.5 Å². The summed E-state index contributed by atoms with van der Waals surface area (Å²) in [7, 11) is 3.37. The second-order valence-corrected chi connectivity index (χ2v) is 5.03. The third-order valence-corrected chi connectivity index (χ3v) is 3.87. The van der Waals surface area contributed by atoms with Gasteiger partial charge in [0.15, 0.2) is 0 Å². The van der Waals surface area contributed by atoms with Crippen LogP contribution in [0.15, 0.2) is 42.5 Å². The van der Waals surface area contributed by atoms with Crippen LogP contribution in [0.1, 0.15) is 22.6 Å². The summed E-state index contributed by atoms with van der Waals surface area (Å²) in [6, 6.07) is 14.7. The molecule has 104 valence electrons. The van der Waals surface area contributed by atoms with Gasteiger partial charge in [-0.2, -0.15) is 0 Å². The SMILES string of the molecule is COc1cc(OC)cc(C2CNCc3ccccc32)c1. The summed E-state index contributed by atoms with van der Waals surface area (Å²) in [5.74, 6) is 2.01. The molecule has 0 radical (unpaired) electrons. The Morgan fingerprint density at radius 2 is 1.70 bits per heavy atom. The molecule has 0 fully saturated rings. The molecule has 1 atom stereocenters. The van der Waals surface area contributed by atoms with Gasteiger partial charge >= 0.3 is 0 Å². The second kappa shape index (κ2) is 5.55. The van der Waals surface area contributed by atoms with Crippen LogP contribution in [-0.2, 0) is 6.54 Å². The predicted molar refractivity (Wildman–Crippen MR) is 79.5 cm³/mol. The van der Waals surface area contributed by atoms with Crippen molar-refractivity contribution in [3.63, 3.8) is 0 Å². The molecular weight excluding hydrogens is 250 g/mol. The lowest BCUT2D eigenvalue weighted by molar-refractivity contribution is 0.392. The molecule has 1 unspecified atom stereocenters. The van der Waals surface area contributed by atoms with Gasteiger partial charge in [0.25, 0.3) is 0 Å². The molecule has 0 aromatic heterocycles. The molecule has 0 spiro atoms. The summed E-state index contributed by atoms with van der Waals surface area (Å²) < 4.78 is 10.8. The van der Waals surface area contributed by atoms with E-state index in [1.54, 1.807) is 14.2 Å². The third-order valence-electron chi connectivity index (χ3n) is 3.87. The van der Waals surface area contributed by atoms with Crippen molar-refractivity contribution in [1.29, 1.82) is 0 Å². The summed E-state index contributed by atoms with van der Waals surface area (Å²) in [4.78, 5) is 0. The van der Waals surface area contributed by atoms with Gasteiger partial charge in [-0.05, 0) is 28.8 Å². The van der Waals surface area contributed by atoms with Gasteiger partial charge in [0.05, 0.1) is 14.2 Å². The van der Waals surface area contributed by atoms with Crippen LogP contribution in [0.2, 0.25) is 0 Å². The quantitative estimate of drug-likeness (QED) is 0.929. The average molecular weight is 269 g/mol. The molecule has 2 aromatic rings. The monoisotopic (exact) mass is 269 g/mol. The van der Waals surface area contributed by atoms with Gasteiger partial charge in [-0.1, -0.05) is 24.3 Å². The van der Waals surface area contributed by atoms with E-state index in [1.807, 2.05) is 6.07 Å². The zero-order valence-corrected chi connectivity index (χ0v) is 11.8. The first-order valence-electron chi connectivity index (χ1n) is 6.83. The lowest BCUT2D eigenvalue weighted by Gasteiger charge is -2.27. The first kappa shape index (κ1) is 13.0. The molecule has 2 aromatic carbocycles. The molecule has 0 bridgehead atoms. The molecule has 1 heterocycles. The molecule has 0 amide bonds. The summed E-state index contributed by atoms with van der Waals surface area (Å²) in [6.07, 6.45) is 0. The van der Waals surface area contributed by atoms with Crippen molar-refractivity contribution in [3.8, 4) is 11.5 Å². The van der Waals surface area contributed by atoms with Crippen molar-refractivity contribution in [1.82, 2.24) is 5.32 Å². The Kier molecular flexibility index (Phi) is 3.61. The van der Waals surface area contributed by atoms with Crippen LogP contribution in [0.3, 0.4) is 0 Å². The molecule has 0 aliphatic carbocycles. The van der Waals surface area contributed by atoms with Crippen LogP contribution < -0.4 is 14.8 Å². The van der Waals surface area contributed by atoms with E-state index in [9.17, 15) is 0 Å². The van der Waals surface area contributed by atoms with Crippen molar-refractivity contribution in [2.45, 2.75) is 12.5 Å². The highest BCUT2D eigenvalue weighted by Gasteiger charge is 2.22. The Labute approximate surface area is 119 Å². The minimum atomic E-state index is 0.337. The fourth-order valence-electron chi connectivity index (χ4n) is 2.82. The van der Waals surface area contributed by atoms with E-state index >= 15 is 0 Å². The zero-order valence-electron chi connectivity index (χ0n) is 11.8. The smallest absolute Gasteiger partial charge is 0.122 e. The molecule has 3 nitrogen and oxygen atoms in total. The number of ether oxygens (including phenoxy) is 2. The number of rotatable bonds is 3. The van der Waals surface area contributed by atoms with Gasteiger partial charge in [0.2, 0.25) is 0 Å². The van der Waals surface area contributed by atoms with Crippen molar-refractivity contribution < 1.29 is 9.47 Å². The van der Waals surface area contributed by atoms with Crippen LogP contribution in [0.25, 0.3) is 0 Å². The lowest BCUT2D eigenvalue weighted by Crippen LogP contribution is -2.28. The third kappa shape index (κ3) is 2.37. The fourth-order valence-corrected chi connectivity index (χ4v) is 2.82. The van der Waals surface area contributed by atoms with E-state index in [0.717, 1.165) is 24.6 Å². The Balaban J connectivity index is 2.05. The van der Waals surface area contributed by atoms with Crippen molar-refractivity contribution in [2.75, 3.05) is 20.8 Å². The molecule has 0 saturated carbocycles. The van der Waals surface area contributed by atoms with Gasteiger partial charge in [-0.25, -0.2) is 0 Å². The molecule has 3 heteroatoms. The van der Waals surface area contributed by atoms with Crippen LogP contribution in [0.4, 0.5) is 0 Å². The molecule has 1 aliphatic heterocycles. The zero-order chi connectivity index (χ0) is 13.9. The highest BCUT2D eigenvalue weighted by Crippen LogP contribution is 2.34. The van der Waals surface area contributed by atoms with E-state index in [2.05, 4.69) is 41.7 Å². The summed E-state index contributed by atoms with van der Waals surface area (Å²) in [6.45, 7) is 1.88. The molecule has 20 heavy (non-hydrogen) atoms. The second-order valence-electron chi connectivity index (χ2n) is 5.03. The number of hydrogen-bond acceptors (Lipinski definition) is 3. The minimum Gasteiger partial charge on any atom is -0.497 e. The van der Waals surface area contributed by atoms with Crippen molar-refractivity contribution >= 4 is 0 Å². The number of methoxy groups -OCH3 is 2. The number of benzene rings is 2. The first-order valence-corrected chi connectivity index (χ1v) is 6.83. The largest absolute Gasteiger partial charge is 0.497 e. The maximum absolute atomic E-state index is 5.38. The summed E-state index contributed by atoms with van der Waals surface area (Å²) in [5.41, 5.74) is 3.98. The van der Waals surface area contributed by atoms with Gasteiger partial charge < -0.3 is 14.8 Å². The first-order chi connectivity index (χ1) is 9.81. The Morgan fingerprint density at radius 1 is 1.00 bits per heavy atom. The highest BCUT2D eigenvalue weighted by molar-refractivity contribution is 5.46. The Bertz CT molecular complexity index is 587. The topological polar surface area (TPSA) is 30.5 Å². The number of nitrogens with one attached hydrogen (secondary N) is 1. The predicted octanol–water partition coefficient (Wildman–Crippen LogP) is 2.94. The maximum atomic E-state index is 5.38. The Hall–Kier alpha value is -2.00. The van der Waals surface area contributed by atoms with Gasteiger partial charge in [0, 0.05) is 25.1 Å². The van der Waals surface area contributed by atoms with Crippen LogP contribution >= 0.6 is 0 Å². The van der Waals surface area contributed by atoms with Gasteiger partial charge in [0.1, 0.15) is 11.5 Å². The van der Waals surface area contributed by atoms with Crippen molar-refractivity contribution in [3.05, 3.63) is 59.2 Å². The van der Waals surface area contributed by atoms with E-state index in [-0.39, 0.29) is 0 Å². The van der Waals surface area contributed by atoms with Crippen LogP contribution in [0, 0.1) is 0 Å². The van der Waals surface area contributed by atoms with Gasteiger partial charge in [-0.15, -0.1) is 0 Å². The van der Waals surface area contributed by atoms with Gasteiger partial charge in [-0.3, -0.25) is 0 Å². The van der Waals surface area contributed by atoms with E-state index < -0.39 is 0 Å². The number of fused-ring (bicyclic) bond motifs is 1. The van der Waals surface area contributed by atoms with E-state index in [1.165, 1.54) is 16.7 Å². The van der Waals surface area contributed by atoms with Crippen molar-refractivity contribution in [2.24, 2.45) is 0 Å². The minimum absolute atomic E-state index is 0.337. The maximum Gasteiger partial charge on any atom is 0.122 e.